The first kappa shape index (κ1) is 17.0. The number of nitrogens with one attached hydrogen (secondary N) is 1. The van der Waals surface area contributed by atoms with E-state index in [1.54, 1.807) is 12.1 Å². The molecule has 0 aliphatic carbocycles. The summed E-state index contributed by atoms with van der Waals surface area (Å²) in [5.41, 5.74) is 0.609. The lowest BCUT2D eigenvalue weighted by molar-refractivity contribution is 0.0948. The van der Waals surface area contributed by atoms with Crippen molar-refractivity contribution >= 4 is 5.91 Å². The molecule has 0 saturated carbocycles. The third-order valence-electron chi connectivity index (χ3n) is 3.68. The number of hydrogen-bond acceptors (Lipinski definition) is 3. The van der Waals surface area contributed by atoms with E-state index >= 15 is 0 Å². The number of carbonyl (C=O) groups is 1. The molecule has 0 radical (unpaired) electrons. The summed E-state index contributed by atoms with van der Waals surface area (Å²) in [5, 5.41) is 2.95. The minimum Gasteiger partial charge on any atom is -0.457 e. The maximum Gasteiger partial charge on any atom is 0.251 e. The van der Waals surface area contributed by atoms with Crippen LogP contribution in [0.4, 0.5) is 0 Å². The molecule has 4 nitrogen and oxygen atoms in total. The zero-order valence-corrected chi connectivity index (χ0v) is 13.8. The van der Waals surface area contributed by atoms with Crippen LogP contribution in [0, 0.1) is 0 Å². The zero-order chi connectivity index (χ0) is 16.5. The van der Waals surface area contributed by atoms with Crippen molar-refractivity contribution in [2.24, 2.45) is 0 Å². The van der Waals surface area contributed by atoms with E-state index in [1.165, 1.54) is 0 Å². The number of likely N-dealkylation sites (N-methyl/N-ethyl adjacent to an activating group) is 1. The monoisotopic (exact) mass is 312 g/mol. The molecule has 0 aromatic heterocycles. The van der Waals surface area contributed by atoms with Gasteiger partial charge in [-0.1, -0.05) is 38.1 Å². The fraction of sp³-hybridized carbons (Fsp3) is 0.316. The van der Waals surface area contributed by atoms with Gasteiger partial charge in [-0.3, -0.25) is 4.79 Å². The van der Waals surface area contributed by atoms with E-state index in [1.807, 2.05) is 42.5 Å². The molecule has 0 spiro atoms. The molecule has 1 N–H and O–H groups in total. The predicted octanol–water partition coefficient (Wildman–Crippen LogP) is 3.55. The number of para-hydroxylation sites is 1. The Hall–Kier alpha value is -2.33. The molecule has 23 heavy (non-hydrogen) atoms. The highest BCUT2D eigenvalue weighted by atomic mass is 16.5. The van der Waals surface area contributed by atoms with Crippen LogP contribution in [-0.2, 0) is 0 Å². The van der Waals surface area contributed by atoms with E-state index < -0.39 is 0 Å². The standard InChI is InChI=1S/C19H24N2O2/c1-3-21(4-2)14-13-20-19(22)16-9-8-12-18(15-16)23-17-10-6-5-7-11-17/h5-12,15H,3-4,13-14H2,1-2H3,(H,20,22). The van der Waals surface area contributed by atoms with Gasteiger partial charge in [0.1, 0.15) is 11.5 Å². The quantitative estimate of drug-likeness (QED) is 0.810. The van der Waals surface area contributed by atoms with Crippen LogP contribution >= 0.6 is 0 Å². The lowest BCUT2D eigenvalue weighted by Gasteiger charge is -2.18. The van der Waals surface area contributed by atoms with Crippen molar-refractivity contribution in [3.63, 3.8) is 0 Å². The SMILES string of the molecule is CCN(CC)CCNC(=O)c1cccc(Oc2ccccc2)c1. The van der Waals surface area contributed by atoms with Crippen molar-refractivity contribution in [3.8, 4) is 11.5 Å². The van der Waals surface area contributed by atoms with Crippen LogP contribution in [0.3, 0.4) is 0 Å². The fourth-order valence-electron chi connectivity index (χ4n) is 2.29. The first-order chi connectivity index (χ1) is 11.2. The first-order valence-corrected chi connectivity index (χ1v) is 8.06. The van der Waals surface area contributed by atoms with E-state index in [0.717, 1.165) is 25.4 Å². The third-order valence-corrected chi connectivity index (χ3v) is 3.68. The van der Waals surface area contributed by atoms with Crippen molar-refractivity contribution in [1.29, 1.82) is 0 Å². The number of rotatable bonds is 8. The van der Waals surface area contributed by atoms with Crippen molar-refractivity contribution in [1.82, 2.24) is 10.2 Å². The van der Waals surface area contributed by atoms with Crippen LogP contribution in [0.15, 0.2) is 54.6 Å². The van der Waals surface area contributed by atoms with Gasteiger partial charge in [0, 0.05) is 18.7 Å². The Kier molecular flexibility index (Phi) is 6.63. The number of hydrogen-bond donors (Lipinski definition) is 1. The van der Waals surface area contributed by atoms with Gasteiger partial charge in [0.25, 0.3) is 5.91 Å². The van der Waals surface area contributed by atoms with Crippen LogP contribution < -0.4 is 10.1 Å². The van der Waals surface area contributed by atoms with Crippen LogP contribution in [0.5, 0.6) is 11.5 Å². The first-order valence-electron chi connectivity index (χ1n) is 8.06. The maximum absolute atomic E-state index is 12.2. The molecule has 0 bridgehead atoms. The molecule has 4 heteroatoms. The van der Waals surface area contributed by atoms with Gasteiger partial charge in [0.2, 0.25) is 0 Å². The predicted molar refractivity (Wildman–Crippen MR) is 93.1 cm³/mol. The summed E-state index contributed by atoms with van der Waals surface area (Å²) in [6, 6.07) is 16.8. The molecule has 2 rings (SSSR count). The van der Waals surface area contributed by atoms with E-state index in [2.05, 4.69) is 24.1 Å². The molecule has 0 aliphatic heterocycles. The minimum absolute atomic E-state index is 0.0735. The van der Waals surface area contributed by atoms with Gasteiger partial charge in [-0.05, 0) is 43.4 Å². The molecule has 0 aliphatic rings. The summed E-state index contributed by atoms with van der Waals surface area (Å²) >= 11 is 0. The van der Waals surface area contributed by atoms with E-state index in [4.69, 9.17) is 4.74 Å². The van der Waals surface area contributed by atoms with Crippen molar-refractivity contribution in [3.05, 3.63) is 60.2 Å². The Morgan fingerprint density at radius 3 is 2.39 bits per heavy atom. The number of nitrogens with zero attached hydrogens (tertiary/aromatic N) is 1. The number of ether oxygens (including phenoxy) is 1. The van der Waals surface area contributed by atoms with Gasteiger partial charge in [-0.25, -0.2) is 0 Å². The van der Waals surface area contributed by atoms with Gasteiger partial charge in [-0.15, -0.1) is 0 Å². The minimum atomic E-state index is -0.0735. The second-order valence-corrected chi connectivity index (χ2v) is 5.23. The molecular weight excluding hydrogens is 288 g/mol. The van der Waals surface area contributed by atoms with Crippen molar-refractivity contribution in [2.75, 3.05) is 26.2 Å². The summed E-state index contributed by atoms with van der Waals surface area (Å²) in [7, 11) is 0. The number of carbonyl (C=O) groups excluding carboxylic acids is 1. The summed E-state index contributed by atoms with van der Waals surface area (Å²) in [6.45, 7) is 7.73. The molecule has 0 saturated heterocycles. The fourth-order valence-corrected chi connectivity index (χ4v) is 2.29. The lowest BCUT2D eigenvalue weighted by atomic mass is 10.2. The van der Waals surface area contributed by atoms with E-state index in [9.17, 15) is 4.79 Å². The molecule has 0 atom stereocenters. The highest BCUT2D eigenvalue weighted by Crippen LogP contribution is 2.21. The molecule has 1 amide bonds. The normalized spacial score (nSPS) is 10.6. The molecule has 2 aromatic carbocycles. The summed E-state index contributed by atoms with van der Waals surface area (Å²) in [5.74, 6) is 1.34. The van der Waals surface area contributed by atoms with E-state index in [0.29, 0.717) is 17.9 Å². The Morgan fingerprint density at radius 2 is 1.70 bits per heavy atom. The molecule has 0 fully saturated rings. The Balaban J connectivity index is 1.92. The summed E-state index contributed by atoms with van der Waals surface area (Å²) < 4.78 is 5.76. The van der Waals surface area contributed by atoms with Crippen LogP contribution in [0.25, 0.3) is 0 Å². The molecular formula is C19H24N2O2. The largest absolute Gasteiger partial charge is 0.457 e. The summed E-state index contributed by atoms with van der Waals surface area (Å²) in [4.78, 5) is 14.5. The van der Waals surface area contributed by atoms with Gasteiger partial charge in [0.15, 0.2) is 0 Å². The average Bonchev–Trinajstić information content (AvgIpc) is 2.60. The second-order valence-electron chi connectivity index (χ2n) is 5.23. The topological polar surface area (TPSA) is 41.6 Å². The third kappa shape index (κ3) is 5.42. The Bertz CT molecular complexity index is 610. The van der Waals surface area contributed by atoms with Crippen molar-refractivity contribution in [2.45, 2.75) is 13.8 Å². The average molecular weight is 312 g/mol. The van der Waals surface area contributed by atoms with Gasteiger partial charge in [-0.2, -0.15) is 0 Å². The zero-order valence-electron chi connectivity index (χ0n) is 13.8. The molecule has 2 aromatic rings. The number of benzene rings is 2. The van der Waals surface area contributed by atoms with Crippen molar-refractivity contribution < 1.29 is 9.53 Å². The lowest BCUT2D eigenvalue weighted by Crippen LogP contribution is -2.34. The van der Waals surface area contributed by atoms with Gasteiger partial charge in [0.05, 0.1) is 0 Å². The molecule has 122 valence electrons. The molecule has 0 unspecified atom stereocenters. The Morgan fingerprint density at radius 1 is 1.00 bits per heavy atom. The van der Waals surface area contributed by atoms with Crippen LogP contribution in [0.2, 0.25) is 0 Å². The smallest absolute Gasteiger partial charge is 0.251 e. The maximum atomic E-state index is 12.2. The second kappa shape index (κ2) is 8.96. The number of amides is 1. The van der Waals surface area contributed by atoms with Crippen LogP contribution in [0.1, 0.15) is 24.2 Å². The van der Waals surface area contributed by atoms with E-state index in [-0.39, 0.29) is 5.91 Å². The highest BCUT2D eigenvalue weighted by Gasteiger charge is 2.07. The Labute approximate surface area is 138 Å². The van der Waals surface area contributed by atoms with Gasteiger partial charge < -0.3 is 15.0 Å². The van der Waals surface area contributed by atoms with Crippen LogP contribution in [-0.4, -0.2) is 37.0 Å². The van der Waals surface area contributed by atoms with Gasteiger partial charge >= 0.3 is 0 Å². The molecule has 0 heterocycles. The summed E-state index contributed by atoms with van der Waals surface area (Å²) in [6.07, 6.45) is 0. The highest BCUT2D eigenvalue weighted by molar-refractivity contribution is 5.94.